The number of hydrogen-bond donors (Lipinski definition) is 3. The van der Waals surface area contributed by atoms with E-state index in [9.17, 15) is 43.2 Å². The van der Waals surface area contributed by atoms with Crippen LogP contribution in [0.2, 0.25) is 0 Å². The van der Waals surface area contributed by atoms with Gasteiger partial charge in [0.05, 0.1) is 26.4 Å². The standard InChI is InChI=1S/C78H148O17P2/c1-6-10-13-16-19-21-23-25-30-35-38-42-47-52-57-62-76(81)89-68-74(95-78(83)64-59-54-49-44-40-36-32-29-27-26-28-31-34-37-41-46-50-55-60-71(5)9-4)70-93-97(86,87)91-66-72(79)65-90-96(84,85)92-69-73(67-88-75(80)61-56-51-45-18-15-12-8-3)94-77(82)63-58-53-48-43-39-33-24-22-20-17-14-11-7-2/h21,23,25,30,71-74,79H,6-20,22,24,26-29,31-70H2,1-5H3,(H,84,85)(H,86,87)/b23-21-,30-25-/t71?,72-,73+,74+/m0/s1. The number of hydrogen-bond acceptors (Lipinski definition) is 15. The van der Waals surface area contributed by atoms with Gasteiger partial charge in [-0.05, 0) is 57.3 Å². The van der Waals surface area contributed by atoms with E-state index in [0.717, 1.165) is 128 Å². The molecule has 0 aliphatic carbocycles. The molecule has 19 heteroatoms. The van der Waals surface area contributed by atoms with Gasteiger partial charge in [0.1, 0.15) is 19.3 Å². The molecule has 572 valence electrons. The Bertz CT molecular complexity index is 1950. The number of esters is 4. The zero-order chi connectivity index (χ0) is 71.2. The van der Waals surface area contributed by atoms with Gasteiger partial charge in [0.2, 0.25) is 0 Å². The Morgan fingerprint density at radius 1 is 0.330 bits per heavy atom. The molecular weight excluding hydrogens is 1270 g/mol. The first-order valence-electron chi connectivity index (χ1n) is 40.0. The van der Waals surface area contributed by atoms with Crippen LogP contribution in [0, 0.1) is 5.92 Å². The minimum absolute atomic E-state index is 0.102. The van der Waals surface area contributed by atoms with Crippen LogP contribution in [0.25, 0.3) is 0 Å². The lowest BCUT2D eigenvalue weighted by Gasteiger charge is -2.21. The average molecular weight is 1420 g/mol. The second kappa shape index (κ2) is 70.6. The van der Waals surface area contributed by atoms with E-state index in [-0.39, 0.29) is 25.7 Å². The first-order chi connectivity index (χ1) is 47.1. The molecule has 0 aliphatic rings. The zero-order valence-corrected chi connectivity index (χ0v) is 64.5. The molecule has 0 amide bonds. The van der Waals surface area contributed by atoms with Gasteiger partial charge in [-0.3, -0.25) is 37.3 Å². The molecule has 3 N–H and O–H groups in total. The van der Waals surface area contributed by atoms with Gasteiger partial charge >= 0.3 is 39.5 Å². The molecule has 17 nitrogen and oxygen atoms in total. The third-order valence-electron chi connectivity index (χ3n) is 18.0. The monoisotopic (exact) mass is 1420 g/mol. The minimum Gasteiger partial charge on any atom is -0.462 e. The number of aliphatic hydroxyl groups is 1. The van der Waals surface area contributed by atoms with E-state index in [1.54, 1.807) is 0 Å². The SMILES string of the molecule is CCCCCC/C=C\C=C/CCCCCCCC(=O)OC[C@H](COP(=O)(O)OC[C@@H](O)COP(=O)(O)OC[C@@H](COC(=O)CCCCCCCCC)OC(=O)CCCCCCCCCCCCCCC)OC(=O)CCCCCCCCCCCCCCCCCCCCC(C)CC. The summed E-state index contributed by atoms with van der Waals surface area (Å²) in [7, 11) is -9.92. The van der Waals surface area contributed by atoms with Gasteiger partial charge in [-0.1, -0.05) is 335 Å². The third-order valence-corrected chi connectivity index (χ3v) is 19.9. The average Bonchev–Trinajstić information content (AvgIpc) is 2.53. The van der Waals surface area contributed by atoms with Gasteiger partial charge in [-0.2, -0.15) is 0 Å². The predicted octanol–water partition coefficient (Wildman–Crippen LogP) is 22.8. The maximum atomic E-state index is 13.1. The van der Waals surface area contributed by atoms with Crippen molar-refractivity contribution in [1.82, 2.24) is 0 Å². The topological polar surface area (TPSA) is 237 Å². The van der Waals surface area contributed by atoms with Gasteiger partial charge in [-0.25, -0.2) is 9.13 Å². The van der Waals surface area contributed by atoms with Crippen molar-refractivity contribution < 1.29 is 80.2 Å². The number of unbranched alkanes of at least 4 members (excludes halogenated alkanes) is 44. The maximum Gasteiger partial charge on any atom is 0.472 e. The number of phosphoric acid groups is 2. The van der Waals surface area contributed by atoms with Gasteiger partial charge in [0.25, 0.3) is 0 Å². The number of ether oxygens (including phenoxy) is 4. The van der Waals surface area contributed by atoms with Crippen molar-refractivity contribution in [2.24, 2.45) is 5.92 Å². The molecule has 0 aromatic carbocycles. The van der Waals surface area contributed by atoms with Crippen LogP contribution < -0.4 is 0 Å². The van der Waals surface area contributed by atoms with E-state index in [1.165, 1.54) is 180 Å². The quantitative estimate of drug-likeness (QED) is 0.0169. The number of carbonyl (C=O) groups excluding carboxylic acids is 4. The van der Waals surface area contributed by atoms with Crippen LogP contribution >= 0.6 is 15.6 Å². The van der Waals surface area contributed by atoms with E-state index in [4.69, 9.17) is 37.0 Å². The minimum atomic E-state index is -4.96. The van der Waals surface area contributed by atoms with Crippen LogP contribution in [0.4, 0.5) is 0 Å². The number of phosphoric ester groups is 2. The highest BCUT2D eigenvalue weighted by Gasteiger charge is 2.30. The summed E-state index contributed by atoms with van der Waals surface area (Å²) in [4.78, 5) is 72.7. The second-order valence-electron chi connectivity index (χ2n) is 27.7. The molecule has 0 rings (SSSR count). The number of carbonyl (C=O) groups is 4. The lowest BCUT2D eigenvalue weighted by Crippen LogP contribution is -2.30. The summed E-state index contributed by atoms with van der Waals surface area (Å²) in [5, 5.41) is 10.6. The molecule has 0 saturated carbocycles. The van der Waals surface area contributed by atoms with Crippen molar-refractivity contribution in [3.8, 4) is 0 Å². The van der Waals surface area contributed by atoms with Crippen molar-refractivity contribution in [2.45, 2.75) is 406 Å². The molecule has 0 aliphatic heterocycles. The molecule has 0 saturated heterocycles. The normalized spacial score (nSPS) is 14.4. The summed E-state index contributed by atoms with van der Waals surface area (Å²) >= 11 is 0. The van der Waals surface area contributed by atoms with Crippen molar-refractivity contribution in [2.75, 3.05) is 39.6 Å². The fourth-order valence-corrected chi connectivity index (χ4v) is 13.1. The van der Waals surface area contributed by atoms with Crippen molar-refractivity contribution in [1.29, 1.82) is 0 Å². The molecule has 97 heavy (non-hydrogen) atoms. The molecule has 0 aromatic rings. The summed E-state index contributed by atoms with van der Waals surface area (Å²) in [5.41, 5.74) is 0. The summed E-state index contributed by atoms with van der Waals surface area (Å²) in [5.74, 6) is -1.28. The first kappa shape index (κ1) is 94.5. The van der Waals surface area contributed by atoms with Crippen LogP contribution in [0.5, 0.6) is 0 Å². The highest BCUT2D eigenvalue weighted by Crippen LogP contribution is 2.45. The molecule has 0 aromatic heterocycles. The molecule has 0 bridgehead atoms. The van der Waals surface area contributed by atoms with Crippen molar-refractivity contribution >= 4 is 39.5 Å². The smallest absolute Gasteiger partial charge is 0.462 e. The largest absolute Gasteiger partial charge is 0.472 e. The van der Waals surface area contributed by atoms with Crippen LogP contribution in [0.1, 0.15) is 388 Å². The van der Waals surface area contributed by atoms with E-state index in [0.29, 0.717) is 25.7 Å². The Hall–Kier alpha value is -2.46. The lowest BCUT2D eigenvalue weighted by molar-refractivity contribution is -0.161. The predicted molar refractivity (Wildman–Crippen MR) is 395 cm³/mol. The fourth-order valence-electron chi connectivity index (χ4n) is 11.5. The third kappa shape index (κ3) is 70.4. The first-order valence-corrected chi connectivity index (χ1v) is 43.0. The number of aliphatic hydroxyl groups excluding tert-OH is 1. The van der Waals surface area contributed by atoms with Crippen LogP contribution in [-0.4, -0.2) is 96.7 Å². The molecule has 0 fully saturated rings. The van der Waals surface area contributed by atoms with Crippen LogP contribution in [0.15, 0.2) is 24.3 Å². The highest BCUT2D eigenvalue weighted by molar-refractivity contribution is 7.47. The lowest BCUT2D eigenvalue weighted by atomic mass is 9.99. The van der Waals surface area contributed by atoms with Gasteiger partial charge in [0, 0.05) is 25.7 Å². The maximum absolute atomic E-state index is 13.1. The van der Waals surface area contributed by atoms with E-state index < -0.39 is 97.5 Å². The molecule has 0 radical (unpaired) electrons. The molecule has 6 atom stereocenters. The fraction of sp³-hybridized carbons (Fsp3) is 0.897. The van der Waals surface area contributed by atoms with Crippen LogP contribution in [-0.2, 0) is 65.4 Å². The Morgan fingerprint density at radius 2 is 0.577 bits per heavy atom. The number of rotatable bonds is 76. The molecular formula is C78H148O17P2. The zero-order valence-electron chi connectivity index (χ0n) is 62.7. The van der Waals surface area contributed by atoms with Gasteiger partial charge in [0.15, 0.2) is 12.2 Å². The Balaban J connectivity index is 5.19. The Morgan fingerprint density at radius 3 is 0.876 bits per heavy atom. The Kier molecular flexibility index (Phi) is 68.8. The number of allylic oxidation sites excluding steroid dienone is 4. The molecule has 3 unspecified atom stereocenters. The highest BCUT2D eigenvalue weighted by atomic mass is 31.2. The van der Waals surface area contributed by atoms with Gasteiger partial charge < -0.3 is 33.8 Å². The van der Waals surface area contributed by atoms with E-state index >= 15 is 0 Å². The van der Waals surface area contributed by atoms with Crippen molar-refractivity contribution in [3.63, 3.8) is 0 Å². The summed E-state index contributed by atoms with van der Waals surface area (Å²) in [6.45, 7) is 7.26. The van der Waals surface area contributed by atoms with Gasteiger partial charge in [-0.15, -0.1) is 0 Å². The van der Waals surface area contributed by atoms with Crippen LogP contribution in [0.3, 0.4) is 0 Å². The Labute approximate surface area is 592 Å². The summed E-state index contributed by atoms with van der Waals surface area (Å²) in [6, 6.07) is 0. The van der Waals surface area contributed by atoms with E-state index in [1.807, 2.05) is 0 Å². The summed E-state index contributed by atoms with van der Waals surface area (Å²) in [6.07, 6.45) is 63.3. The van der Waals surface area contributed by atoms with E-state index in [2.05, 4.69) is 58.9 Å². The summed E-state index contributed by atoms with van der Waals surface area (Å²) < 4.78 is 68.4. The molecule has 0 heterocycles. The van der Waals surface area contributed by atoms with Crippen molar-refractivity contribution in [3.05, 3.63) is 24.3 Å². The second-order valence-corrected chi connectivity index (χ2v) is 30.6. The molecule has 0 spiro atoms.